The number of ether oxygens (including phenoxy) is 1. The number of methoxy groups -OCH3 is 1. The van der Waals surface area contributed by atoms with Gasteiger partial charge in [0.2, 0.25) is 0 Å². The molecule has 0 aliphatic rings. The molecule has 0 aromatic carbocycles. The predicted octanol–water partition coefficient (Wildman–Crippen LogP) is -0.723. The SMILES string of the molecule is CNCCNC.CNCCOC. The molecule has 0 fully saturated rings. The van der Waals surface area contributed by atoms with E-state index in [2.05, 4.69) is 16.0 Å². The van der Waals surface area contributed by atoms with E-state index in [0.29, 0.717) is 0 Å². The van der Waals surface area contributed by atoms with E-state index in [0.717, 1.165) is 26.2 Å². The maximum absolute atomic E-state index is 4.72. The van der Waals surface area contributed by atoms with Gasteiger partial charge in [0, 0.05) is 26.7 Å². The maximum atomic E-state index is 4.72. The quantitative estimate of drug-likeness (QED) is 0.468. The molecule has 0 atom stereocenters. The van der Waals surface area contributed by atoms with Crippen LogP contribution in [-0.4, -0.2) is 54.5 Å². The normalized spacial score (nSPS) is 9.00. The van der Waals surface area contributed by atoms with Gasteiger partial charge >= 0.3 is 0 Å². The third kappa shape index (κ3) is 22.5. The van der Waals surface area contributed by atoms with Crippen molar-refractivity contribution in [3.05, 3.63) is 0 Å². The molecule has 0 rings (SSSR count). The highest BCUT2D eigenvalue weighted by molar-refractivity contribution is 4.38. The minimum atomic E-state index is 0.802. The van der Waals surface area contributed by atoms with Crippen LogP contribution in [0.25, 0.3) is 0 Å². The Morgan fingerprint density at radius 3 is 1.42 bits per heavy atom. The Morgan fingerprint density at radius 2 is 1.25 bits per heavy atom. The minimum absolute atomic E-state index is 0.802. The summed E-state index contributed by atoms with van der Waals surface area (Å²) in [6.07, 6.45) is 0. The first-order chi connectivity index (χ1) is 5.83. The summed E-state index contributed by atoms with van der Waals surface area (Å²) in [5, 5.41) is 8.96. The van der Waals surface area contributed by atoms with Crippen LogP contribution in [-0.2, 0) is 4.74 Å². The van der Waals surface area contributed by atoms with Crippen LogP contribution in [0.3, 0.4) is 0 Å². The summed E-state index contributed by atoms with van der Waals surface area (Å²) < 4.78 is 4.72. The van der Waals surface area contributed by atoms with E-state index in [4.69, 9.17) is 4.74 Å². The Kier molecular flexibility index (Phi) is 20.4. The van der Waals surface area contributed by atoms with Gasteiger partial charge in [-0.05, 0) is 21.1 Å². The molecule has 0 radical (unpaired) electrons. The van der Waals surface area contributed by atoms with E-state index in [1.165, 1.54) is 0 Å². The molecule has 12 heavy (non-hydrogen) atoms. The topological polar surface area (TPSA) is 45.3 Å². The Bertz CT molecular complexity index is 46.3. The van der Waals surface area contributed by atoms with Crippen LogP contribution < -0.4 is 16.0 Å². The van der Waals surface area contributed by atoms with Crippen molar-refractivity contribution >= 4 is 0 Å². The van der Waals surface area contributed by atoms with Gasteiger partial charge in [-0.3, -0.25) is 0 Å². The maximum Gasteiger partial charge on any atom is 0.0587 e. The predicted molar refractivity (Wildman–Crippen MR) is 53.7 cm³/mol. The summed E-state index contributed by atoms with van der Waals surface area (Å²) in [5.74, 6) is 0. The first-order valence-corrected chi connectivity index (χ1v) is 4.26. The smallest absolute Gasteiger partial charge is 0.0587 e. The summed E-state index contributed by atoms with van der Waals surface area (Å²) in [6, 6.07) is 0. The van der Waals surface area contributed by atoms with Crippen LogP contribution in [0.1, 0.15) is 0 Å². The third-order valence-corrected chi connectivity index (χ3v) is 1.18. The van der Waals surface area contributed by atoms with E-state index in [9.17, 15) is 0 Å². The molecule has 0 spiro atoms. The molecule has 0 aliphatic carbocycles. The molecule has 0 saturated heterocycles. The number of rotatable bonds is 6. The molecule has 0 bridgehead atoms. The lowest BCUT2D eigenvalue weighted by molar-refractivity contribution is 0.201. The summed E-state index contributed by atoms with van der Waals surface area (Å²) >= 11 is 0. The van der Waals surface area contributed by atoms with E-state index < -0.39 is 0 Å². The Labute approximate surface area is 76.1 Å². The van der Waals surface area contributed by atoms with Crippen molar-refractivity contribution < 1.29 is 4.74 Å². The molecule has 0 amide bonds. The molecule has 4 nitrogen and oxygen atoms in total. The Hall–Kier alpha value is -0.160. The van der Waals surface area contributed by atoms with Gasteiger partial charge in [-0.25, -0.2) is 0 Å². The molecule has 0 saturated carbocycles. The number of hydrogen-bond donors (Lipinski definition) is 3. The van der Waals surface area contributed by atoms with Crippen LogP contribution in [0.5, 0.6) is 0 Å². The molecule has 0 aliphatic heterocycles. The zero-order chi connectivity index (χ0) is 9.66. The fourth-order valence-electron chi connectivity index (χ4n) is 0.454. The zero-order valence-electron chi connectivity index (χ0n) is 8.74. The van der Waals surface area contributed by atoms with Gasteiger partial charge in [-0.15, -0.1) is 0 Å². The largest absolute Gasteiger partial charge is 0.383 e. The first kappa shape index (κ1) is 14.4. The second kappa shape index (κ2) is 17.1. The second-order valence-electron chi connectivity index (χ2n) is 2.30. The van der Waals surface area contributed by atoms with E-state index in [1.807, 2.05) is 21.1 Å². The summed E-state index contributed by atoms with van der Waals surface area (Å²) in [5.41, 5.74) is 0. The van der Waals surface area contributed by atoms with E-state index >= 15 is 0 Å². The van der Waals surface area contributed by atoms with Crippen LogP contribution >= 0.6 is 0 Å². The van der Waals surface area contributed by atoms with Crippen molar-refractivity contribution in [1.29, 1.82) is 0 Å². The molecule has 0 aromatic rings. The molecule has 0 unspecified atom stereocenters. The Balaban J connectivity index is 0. The van der Waals surface area contributed by atoms with Crippen molar-refractivity contribution in [2.45, 2.75) is 0 Å². The highest BCUT2D eigenvalue weighted by Crippen LogP contribution is 1.57. The zero-order valence-corrected chi connectivity index (χ0v) is 8.74. The second-order valence-corrected chi connectivity index (χ2v) is 2.30. The fraction of sp³-hybridized carbons (Fsp3) is 1.00. The monoisotopic (exact) mass is 177 g/mol. The standard InChI is InChI=1S/C4H12N2.C4H11NO/c2*1-5-3-4-6-2/h5-6H,3-4H2,1-2H3;5H,3-4H2,1-2H3. The minimum Gasteiger partial charge on any atom is -0.383 e. The summed E-state index contributed by atoms with van der Waals surface area (Å²) in [6.45, 7) is 3.85. The fourth-order valence-corrected chi connectivity index (χ4v) is 0.454. The first-order valence-electron chi connectivity index (χ1n) is 4.26. The lowest BCUT2D eigenvalue weighted by Gasteiger charge is -1.92. The van der Waals surface area contributed by atoms with Gasteiger partial charge in [0.25, 0.3) is 0 Å². The lowest BCUT2D eigenvalue weighted by atomic mass is 10.6. The average molecular weight is 177 g/mol. The van der Waals surface area contributed by atoms with Gasteiger partial charge in [0.05, 0.1) is 6.61 Å². The van der Waals surface area contributed by atoms with Gasteiger partial charge in [0.15, 0.2) is 0 Å². The molecular weight excluding hydrogens is 154 g/mol. The summed E-state index contributed by atoms with van der Waals surface area (Å²) in [7, 11) is 7.48. The van der Waals surface area contributed by atoms with Crippen LogP contribution in [0.2, 0.25) is 0 Å². The molecule has 76 valence electrons. The lowest BCUT2D eigenvalue weighted by Crippen LogP contribution is -2.21. The molecular formula is C8H23N3O. The van der Waals surface area contributed by atoms with E-state index in [1.54, 1.807) is 7.11 Å². The van der Waals surface area contributed by atoms with Gasteiger partial charge in [0.1, 0.15) is 0 Å². The molecule has 0 aromatic heterocycles. The van der Waals surface area contributed by atoms with Crippen molar-refractivity contribution in [1.82, 2.24) is 16.0 Å². The highest BCUT2D eigenvalue weighted by atomic mass is 16.5. The van der Waals surface area contributed by atoms with Gasteiger partial charge < -0.3 is 20.7 Å². The van der Waals surface area contributed by atoms with Crippen LogP contribution in [0.15, 0.2) is 0 Å². The van der Waals surface area contributed by atoms with Gasteiger partial charge in [-0.1, -0.05) is 0 Å². The van der Waals surface area contributed by atoms with Crippen LogP contribution in [0, 0.1) is 0 Å². The van der Waals surface area contributed by atoms with Crippen molar-refractivity contribution in [2.75, 3.05) is 54.5 Å². The average Bonchev–Trinajstić information content (AvgIpc) is 2.12. The highest BCUT2D eigenvalue weighted by Gasteiger charge is 1.72. The van der Waals surface area contributed by atoms with Crippen LogP contribution in [0.4, 0.5) is 0 Å². The van der Waals surface area contributed by atoms with Gasteiger partial charge in [-0.2, -0.15) is 0 Å². The van der Waals surface area contributed by atoms with E-state index in [-0.39, 0.29) is 0 Å². The van der Waals surface area contributed by atoms with Crippen molar-refractivity contribution in [3.8, 4) is 0 Å². The number of likely N-dealkylation sites (N-methyl/N-ethyl adjacent to an activating group) is 3. The van der Waals surface area contributed by atoms with Crippen molar-refractivity contribution in [2.24, 2.45) is 0 Å². The number of hydrogen-bond acceptors (Lipinski definition) is 4. The molecule has 0 heterocycles. The summed E-state index contributed by atoms with van der Waals surface area (Å²) in [4.78, 5) is 0. The third-order valence-electron chi connectivity index (χ3n) is 1.18. The molecule has 3 N–H and O–H groups in total. The Morgan fingerprint density at radius 1 is 0.833 bits per heavy atom. The molecule has 4 heteroatoms. The van der Waals surface area contributed by atoms with Crippen molar-refractivity contribution in [3.63, 3.8) is 0 Å². The number of nitrogens with one attached hydrogen (secondary N) is 3.